The van der Waals surface area contributed by atoms with Gasteiger partial charge in [0.25, 0.3) is 10.0 Å². The summed E-state index contributed by atoms with van der Waals surface area (Å²) in [7, 11) is -3.61. The highest BCUT2D eigenvalue weighted by atomic mass is 32.2. The molecule has 1 aromatic rings. The first-order chi connectivity index (χ1) is 9.76. The zero-order chi connectivity index (χ0) is 16.0. The summed E-state index contributed by atoms with van der Waals surface area (Å²) in [6.45, 7) is 5.97. The lowest BCUT2D eigenvalue weighted by atomic mass is 10.0. The number of aromatic nitrogens is 2. The van der Waals surface area contributed by atoms with Crippen LogP contribution < -0.4 is 4.72 Å². The fourth-order valence-electron chi connectivity index (χ4n) is 1.89. The minimum atomic E-state index is -3.61. The lowest BCUT2D eigenvalue weighted by Crippen LogP contribution is -2.32. The van der Waals surface area contributed by atoms with E-state index in [1.807, 2.05) is 6.92 Å². The number of sulfonamides is 1. The van der Waals surface area contributed by atoms with E-state index in [1.165, 1.54) is 12.5 Å². The van der Waals surface area contributed by atoms with Crippen LogP contribution in [-0.4, -0.2) is 35.1 Å². The molecule has 0 saturated heterocycles. The zero-order valence-electron chi connectivity index (χ0n) is 12.6. The molecule has 7 nitrogen and oxygen atoms in total. The highest BCUT2D eigenvalue weighted by Crippen LogP contribution is 2.12. The van der Waals surface area contributed by atoms with E-state index in [0.29, 0.717) is 25.8 Å². The van der Waals surface area contributed by atoms with E-state index in [-0.39, 0.29) is 11.1 Å². The lowest BCUT2D eigenvalue weighted by molar-refractivity contribution is -0.141. The van der Waals surface area contributed by atoms with Gasteiger partial charge in [-0.2, -0.15) is 0 Å². The van der Waals surface area contributed by atoms with Crippen molar-refractivity contribution in [3.8, 4) is 0 Å². The van der Waals surface area contributed by atoms with Crippen molar-refractivity contribution < 1.29 is 18.3 Å². The molecule has 0 radical (unpaired) electrons. The fraction of sp³-hybridized carbons (Fsp3) is 0.692. The van der Waals surface area contributed by atoms with Crippen molar-refractivity contribution in [2.45, 2.75) is 57.6 Å². The number of aliphatic carboxylic acids is 1. The number of carboxylic acid groups (broad SMARTS) is 1. The maximum absolute atomic E-state index is 12.1. The average Bonchev–Trinajstić information content (AvgIpc) is 2.87. The van der Waals surface area contributed by atoms with Crippen molar-refractivity contribution in [1.82, 2.24) is 14.3 Å². The van der Waals surface area contributed by atoms with Gasteiger partial charge in [0.05, 0.1) is 12.2 Å². The van der Waals surface area contributed by atoms with E-state index in [9.17, 15) is 13.2 Å². The van der Waals surface area contributed by atoms with Crippen molar-refractivity contribution in [3.63, 3.8) is 0 Å². The molecule has 0 spiro atoms. The van der Waals surface area contributed by atoms with Crippen molar-refractivity contribution in [3.05, 3.63) is 12.5 Å². The first kappa shape index (κ1) is 17.6. The van der Waals surface area contributed by atoms with E-state index in [2.05, 4.69) is 9.71 Å². The Balaban J connectivity index is 2.49. The normalized spacial score (nSPS) is 14.8. The van der Waals surface area contributed by atoms with Gasteiger partial charge in [-0.05, 0) is 26.7 Å². The summed E-state index contributed by atoms with van der Waals surface area (Å²) in [5, 5.41) is 8.80. The number of hydrogen-bond acceptors (Lipinski definition) is 4. The molecule has 0 bridgehead atoms. The molecule has 0 saturated carbocycles. The van der Waals surface area contributed by atoms with Crippen LogP contribution in [0.5, 0.6) is 0 Å². The Kier molecular flexibility index (Phi) is 6.35. The maximum atomic E-state index is 12.1. The van der Waals surface area contributed by atoms with E-state index < -0.39 is 21.9 Å². The molecule has 1 rings (SSSR count). The molecule has 8 heteroatoms. The van der Waals surface area contributed by atoms with Crippen LogP contribution in [0.25, 0.3) is 0 Å². The Morgan fingerprint density at radius 1 is 1.43 bits per heavy atom. The van der Waals surface area contributed by atoms with Gasteiger partial charge in [-0.15, -0.1) is 0 Å². The van der Waals surface area contributed by atoms with Gasteiger partial charge in [-0.1, -0.05) is 13.3 Å². The highest BCUT2D eigenvalue weighted by Gasteiger charge is 2.20. The highest BCUT2D eigenvalue weighted by molar-refractivity contribution is 7.89. The molecule has 2 N–H and O–H groups in total. The number of rotatable bonds is 9. The topological polar surface area (TPSA) is 101 Å². The summed E-state index contributed by atoms with van der Waals surface area (Å²) < 4.78 is 28.4. The number of carbonyl (C=O) groups is 1. The summed E-state index contributed by atoms with van der Waals surface area (Å²) in [6.07, 6.45) is 4.74. The molecule has 0 fully saturated rings. The smallest absolute Gasteiger partial charge is 0.306 e. The van der Waals surface area contributed by atoms with Crippen LogP contribution >= 0.6 is 0 Å². The third-order valence-electron chi connectivity index (χ3n) is 3.30. The molecule has 120 valence electrons. The van der Waals surface area contributed by atoms with Crippen LogP contribution in [-0.2, 0) is 21.4 Å². The number of imidazole rings is 1. The van der Waals surface area contributed by atoms with E-state index in [0.717, 1.165) is 0 Å². The van der Waals surface area contributed by atoms with Crippen LogP contribution in [0.4, 0.5) is 0 Å². The predicted molar refractivity (Wildman–Crippen MR) is 78.3 cm³/mol. The first-order valence-corrected chi connectivity index (χ1v) is 8.51. The monoisotopic (exact) mass is 317 g/mol. The number of nitrogens with one attached hydrogen (secondary N) is 1. The fourth-order valence-corrected chi connectivity index (χ4v) is 3.12. The van der Waals surface area contributed by atoms with Crippen LogP contribution in [0.15, 0.2) is 17.6 Å². The summed E-state index contributed by atoms with van der Waals surface area (Å²) in [5.41, 5.74) is 0. The summed E-state index contributed by atoms with van der Waals surface area (Å²) in [6, 6.07) is -0.261. The maximum Gasteiger partial charge on any atom is 0.306 e. The van der Waals surface area contributed by atoms with Gasteiger partial charge in [0.1, 0.15) is 0 Å². The van der Waals surface area contributed by atoms with E-state index in [1.54, 1.807) is 18.4 Å². The summed E-state index contributed by atoms with van der Waals surface area (Å²) in [4.78, 5) is 14.6. The van der Waals surface area contributed by atoms with Gasteiger partial charge in [0.15, 0.2) is 5.03 Å². The van der Waals surface area contributed by atoms with Crippen molar-refractivity contribution in [2.75, 3.05) is 0 Å². The second-order valence-corrected chi connectivity index (χ2v) is 6.90. The summed E-state index contributed by atoms with van der Waals surface area (Å²) >= 11 is 0. The van der Waals surface area contributed by atoms with Crippen molar-refractivity contribution in [2.24, 2.45) is 5.92 Å². The molecule has 0 amide bonds. The quantitative estimate of drug-likeness (QED) is 0.718. The van der Waals surface area contributed by atoms with E-state index in [4.69, 9.17) is 5.11 Å². The number of hydrogen-bond donors (Lipinski definition) is 2. The molecule has 1 heterocycles. The third kappa shape index (κ3) is 5.47. The summed E-state index contributed by atoms with van der Waals surface area (Å²) in [5.74, 6) is -1.23. The predicted octanol–water partition coefficient (Wildman–Crippen LogP) is 1.46. The Morgan fingerprint density at radius 2 is 2.10 bits per heavy atom. The van der Waals surface area contributed by atoms with E-state index >= 15 is 0 Å². The molecular formula is C13H23N3O4S. The van der Waals surface area contributed by atoms with Crippen LogP contribution in [0.2, 0.25) is 0 Å². The third-order valence-corrected chi connectivity index (χ3v) is 4.78. The molecule has 1 aromatic heterocycles. The largest absolute Gasteiger partial charge is 0.481 e. The van der Waals surface area contributed by atoms with Gasteiger partial charge >= 0.3 is 5.97 Å². The van der Waals surface area contributed by atoms with Gasteiger partial charge in [-0.3, -0.25) is 4.79 Å². The van der Waals surface area contributed by atoms with Gasteiger partial charge in [0, 0.05) is 18.8 Å². The Morgan fingerprint density at radius 3 is 2.62 bits per heavy atom. The lowest BCUT2D eigenvalue weighted by Gasteiger charge is -2.13. The Hall–Kier alpha value is -1.41. The van der Waals surface area contributed by atoms with Crippen molar-refractivity contribution in [1.29, 1.82) is 0 Å². The first-order valence-electron chi connectivity index (χ1n) is 7.03. The number of nitrogens with zero attached hydrogens (tertiary/aromatic N) is 2. The average molecular weight is 317 g/mol. The minimum Gasteiger partial charge on any atom is -0.481 e. The van der Waals surface area contributed by atoms with Gasteiger partial charge in [-0.25, -0.2) is 18.1 Å². The van der Waals surface area contributed by atoms with Crippen LogP contribution in [0.3, 0.4) is 0 Å². The Labute approximate surface area is 125 Å². The molecule has 0 aromatic carbocycles. The van der Waals surface area contributed by atoms with Gasteiger partial charge < -0.3 is 9.67 Å². The molecule has 0 aliphatic carbocycles. The molecular weight excluding hydrogens is 294 g/mol. The van der Waals surface area contributed by atoms with Crippen LogP contribution in [0.1, 0.15) is 40.0 Å². The standard InChI is InChI=1S/C13H23N3O4S/c1-4-16-8-12(14-9-16)21(19,20)15-11(3)7-5-6-10(2)13(17)18/h8-11,15H,4-7H2,1-3H3,(H,17,18). The molecule has 21 heavy (non-hydrogen) atoms. The molecule has 2 unspecified atom stereocenters. The molecule has 2 atom stereocenters. The zero-order valence-corrected chi connectivity index (χ0v) is 13.4. The molecule has 0 aliphatic rings. The minimum absolute atomic E-state index is 0.00936. The number of carboxylic acids is 1. The Bertz CT molecular complexity index is 568. The molecule has 0 aliphatic heterocycles. The van der Waals surface area contributed by atoms with Crippen LogP contribution in [0, 0.1) is 5.92 Å². The SMILES string of the molecule is CCn1cnc(S(=O)(=O)NC(C)CCCC(C)C(=O)O)c1. The second-order valence-electron chi connectivity index (χ2n) is 5.23. The second kappa shape index (κ2) is 7.56. The van der Waals surface area contributed by atoms with Gasteiger partial charge in [0.2, 0.25) is 0 Å². The van der Waals surface area contributed by atoms with Crippen molar-refractivity contribution >= 4 is 16.0 Å². The number of aryl methyl sites for hydroxylation is 1.